The molecule has 0 spiro atoms. The van der Waals surface area contributed by atoms with Crippen LogP contribution in [-0.2, 0) is 16.4 Å². The summed E-state index contributed by atoms with van der Waals surface area (Å²) in [5.74, 6) is -0.418. The Morgan fingerprint density at radius 2 is 1.70 bits per heavy atom. The minimum Gasteiger partial charge on any atom is -0.478 e. The Morgan fingerprint density at radius 3 is 2.45 bits per heavy atom. The van der Waals surface area contributed by atoms with Gasteiger partial charge in [0.15, 0.2) is 5.76 Å². The van der Waals surface area contributed by atoms with Crippen LogP contribution >= 0.6 is 0 Å². The summed E-state index contributed by atoms with van der Waals surface area (Å²) >= 11 is 0. The van der Waals surface area contributed by atoms with E-state index in [1.807, 2.05) is 54.6 Å². The summed E-state index contributed by atoms with van der Waals surface area (Å²) in [6.07, 6.45) is 0.433. The van der Waals surface area contributed by atoms with Crippen molar-refractivity contribution in [3.63, 3.8) is 0 Å². The number of fused-ring (bicyclic) bond motifs is 2. The van der Waals surface area contributed by atoms with Crippen molar-refractivity contribution < 1.29 is 22.7 Å². The lowest BCUT2D eigenvalue weighted by Crippen LogP contribution is -2.26. The third-order valence-corrected chi connectivity index (χ3v) is 7.04. The maximum Gasteiger partial charge on any atom is 0.335 e. The van der Waals surface area contributed by atoms with Crippen LogP contribution in [0.3, 0.4) is 0 Å². The van der Waals surface area contributed by atoms with Crippen LogP contribution in [0.1, 0.15) is 15.9 Å². The molecule has 166 valence electrons. The molecule has 0 aliphatic carbocycles. The van der Waals surface area contributed by atoms with Crippen molar-refractivity contribution in [2.45, 2.75) is 11.3 Å². The first-order chi connectivity index (χ1) is 15.9. The number of benzene rings is 3. The fraction of sp³-hybridized carbons (Fsp3) is 0.0800. The van der Waals surface area contributed by atoms with Gasteiger partial charge in [-0.15, -0.1) is 0 Å². The molecule has 0 aliphatic heterocycles. The van der Waals surface area contributed by atoms with Gasteiger partial charge in [-0.25, -0.2) is 17.9 Å². The van der Waals surface area contributed by atoms with Crippen molar-refractivity contribution in [1.29, 1.82) is 0 Å². The monoisotopic (exact) mass is 460 g/mol. The van der Waals surface area contributed by atoms with Crippen LogP contribution in [0, 0.1) is 0 Å². The van der Waals surface area contributed by atoms with Crippen molar-refractivity contribution in [1.82, 2.24) is 9.71 Å². The number of aromatic carboxylic acids is 1. The Kier molecular flexibility index (Phi) is 5.24. The number of rotatable bonds is 7. The number of sulfonamides is 1. The predicted octanol–water partition coefficient (Wildman–Crippen LogP) is 4.80. The van der Waals surface area contributed by atoms with E-state index in [4.69, 9.17) is 9.52 Å². The van der Waals surface area contributed by atoms with Crippen molar-refractivity contribution in [2.75, 3.05) is 6.54 Å². The van der Waals surface area contributed by atoms with Crippen LogP contribution in [0.5, 0.6) is 0 Å². The van der Waals surface area contributed by atoms with E-state index in [-0.39, 0.29) is 17.0 Å². The molecule has 33 heavy (non-hydrogen) atoms. The topological polar surface area (TPSA) is 112 Å². The highest BCUT2D eigenvalue weighted by molar-refractivity contribution is 7.89. The second-order valence-electron chi connectivity index (χ2n) is 7.65. The summed E-state index contributed by atoms with van der Waals surface area (Å²) in [6, 6.07) is 22.7. The second kappa shape index (κ2) is 8.23. The minimum absolute atomic E-state index is 0.0175. The summed E-state index contributed by atoms with van der Waals surface area (Å²) in [4.78, 5) is 14.4. The number of furan rings is 1. The van der Waals surface area contributed by atoms with E-state index in [0.717, 1.165) is 33.1 Å². The molecule has 2 aromatic heterocycles. The zero-order chi connectivity index (χ0) is 23.0. The molecule has 7 nitrogen and oxygen atoms in total. The smallest absolute Gasteiger partial charge is 0.335 e. The highest BCUT2D eigenvalue weighted by atomic mass is 32.2. The lowest BCUT2D eigenvalue weighted by molar-refractivity contribution is 0.0696. The molecule has 0 unspecified atom stereocenters. The Bertz CT molecular complexity index is 1550. The van der Waals surface area contributed by atoms with Gasteiger partial charge < -0.3 is 14.5 Å². The lowest BCUT2D eigenvalue weighted by atomic mass is 10.1. The molecule has 0 saturated carbocycles. The highest BCUT2D eigenvalue weighted by Crippen LogP contribution is 2.34. The summed E-state index contributed by atoms with van der Waals surface area (Å²) in [5, 5.41) is 11.0. The zero-order valence-electron chi connectivity index (χ0n) is 17.4. The van der Waals surface area contributed by atoms with Gasteiger partial charge in [0.1, 0.15) is 5.58 Å². The van der Waals surface area contributed by atoms with Crippen LogP contribution in [0.15, 0.2) is 88.2 Å². The molecule has 8 heteroatoms. The first kappa shape index (κ1) is 21.0. The highest BCUT2D eigenvalue weighted by Gasteiger charge is 2.19. The van der Waals surface area contributed by atoms with Gasteiger partial charge in [0.05, 0.1) is 16.2 Å². The quantitative estimate of drug-likeness (QED) is 0.323. The average Bonchev–Trinajstić information content (AvgIpc) is 3.40. The molecular weight excluding hydrogens is 440 g/mol. The Labute approximate surface area is 189 Å². The van der Waals surface area contributed by atoms with E-state index in [0.29, 0.717) is 12.2 Å². The molecule has 0 fully saturated rings. The number of carbonyl (C=O) groups is 1. The Balaban J connectivity index is 1.43. The van der Waals surface area contributed by atoms with Gasteiger partial charge in [-0.3, -0.25) is 0 Å². The molecule has 3 N–H and O–H groups in total. The molecule has 5 aromatic rings. The van der Waals surface area contributed by atoms with Crippen molar-refractivity contribution in [3.8, 4) is 11.5 Å². The third-order valence-electron chi connectivity index (χ3n) is 5.56. The molecule has 0 atom stereocenters. The number of aromatic amines is 1. The van der Waals surface area contributed by atoms with Gasteiger partial charge in [0.25, 0.3) is 0 Å². The molecule has 0 radical (unpaired) electrons. The SMILES string of the molecule is O=C(O)c1ccc(S(=O)(=O)NCCc2c(-c3cc4ccccc4o3)[nH]c3ccccc23)cc1. The van der Waals surface area contributed by atoms with E-state index in [1.54, 1.807) is 0 Å². The van der Waals surface area contributed by atoms with E-state index in [9.17, 15) is 13.2 Å². The second-order valence-corrected chi connectivity index (χ2v) is 9.42. The zero-order valence-corrected chi connectivity index (χ0v) is 18.2. The van der Waals surface area contributed by atoms with Gasteiger partial charge in [-0.2, -0.15) is 0 Å². The molecule has 0 bridgehead atoms. The van der Waals surface area contributed by atoms with E-state index >= 15 is 0 Å². The maximum atomic E-state index is 12.7. The van der Waals surface area contributed by atoms with Gasteiger partial charge in [-0.05, 0) is 54.4 Å². The van der Waals surface area contributed by atoms with Crippen LogP contribution in [0.2, 0.25) is 0 Å². The molecule has 2 heterocycles. The van der Waals surface area contributed by atoms with E-state index < -0.39 is 16.0 Å². The minimum atomic E-state index is -3.78. The van der Waals surface area contributed by atoms with Gasteiger partial charge in [0, 0.05) is 22.8 Å². The van der Waals surface area contributed by atoms with Crippen LogP contribution in [0.25, 0.3) is 33.3 Å². The molecule has 0 aliphatic rings. The van der Waals surface area contributed by atoms with Gasteiger partial charge >= 0.3 is 5.97 Å². The lowest BCUT2D eigenvalue weighted by Gasteiger charge is -2.08. The number of para-hydroxylation sites is 2. The first-order valence-electron chi connectivity index (χ1n) is 10.3. The summed E-state index contributed by atoms with van der Waals surface area (Å²) in [7, 11) is -3.78. The fourth-order valence-corrected chi connectivity index (χ4v) is 4.98. The molecule has 0 amide bonds. The van der Waals surface area contributed by atoms with Crippen LogP contribution in [-0.4, -0.2) is 31.0 Å². The van der Waals surface area contributed by atoms with Crippen LogP contribution < -0.4 is 4.72 Å². The number of H-pyrrole nitrogens is 1. The predicted molar refractivity (Wildman–Crippen MR) is 126 cm³/mol. The van der Waals surface area contributed by atoms with E-state index in [2.05, 4.69) is 9.71 Å². The fourth-order valence-electron chi connectivity index (χ4n) is 3.95. The molecule has 3 aromatic carbocycles. The van der Waals surface area contributed by atoms with Gasteiger partial charge in [-0.1, -0.05) is 36.4 Å². The number of hydrogen-bond acceptors (Lipinski definition) is 4. The van der Waals surface area contributed by atoms with Crippen molar-refractivity contribution in [3.05, 3.63) is 90.0 Å². The first-order valence-corrected chi connectivity index (χ1v) is 11.8. The number of carboxylic acid groups (broad SMARTS) is 1. The number of hydrogen-bond donors (Lipinski definition) is 3. The Morgan fingerprint density at radius 1 is 0.970 bits per heavy atom. The molecule has 5 rings (SSSR count). The van der Waals surface area contributed by atoms with Crippen molar-refractivity contribution in [2.24, 2.45) is 0 Å². The third kappa shape index (κ3) is 4.02. The normalized spacial score (nSPS) is 11.9. The largest absolute Gasteiger partial charge is 0.478 e. The maximum absolute atomic E-state index is 12.7. The summed E-state index contributed by atoms with van der Waals surface area (Å²) < 4.78 is 34.1. The number of carboxylic acids is 1. The Hall–Kier alpha value is -3.88. The summed E-state index contributed by atoms with van der Waals surface area (Å²) in [5.41, 5.74) is 3.52. The standard InChI is InChI=1S/C25H20N2O5S/c28-25(29)16-9-11-18(12-10-16)33(30,31)26-14-13-20-19-6-2-3-7-21(19)27-24(20)23-15-17-5-1-4-8-22(17)32-23/h1-12,15,26-27H,13-14H2,(H,28,29). The molecular formula is C25H20N2O5S. The van der Waals surface area contributed by atoms with Crippen LogP contribution in [0.4, 0.5) is 0 Å². The molecule has 0 saturated heterocycles. The average molecular weight is 461 g/mol. The summed E-state index contributed by atoms with van der Waals surface area (Å²) in [6.45, 7) is 0.165. The number of nitrogens with one attached hydrogen (secondary N) is 2. The van der Waals surface area contributed by atoms with Gasteiger partial charge in [0.2, 0.25) is 10.0 Å². The number of aromatic nitrogens is 1. The van der Waals surface area contributed by atoms with Crippen molar-refractivity contribution >= 4 is 37.9 Å². The van der Waals surface area contributed by atoms with E-state index in [1.165, 1.54) is 24.3 Å².